The molecule has 1 aliphatic rings. The number of hydrogen-bond acceptors (Lipinski definition) is 3. The van der Waals surface area contributed by atoms with Gasteiger partial charge < -0.3 is 15.8 Å². The smallest absolute Gasteiger partial charge is 0.252 e. The zero-order chi connectivity index (χ0) is 19.6. The standard InChI is InChI=1S/C19H17Cl2FN2O3/c20-15-5-1-10(7-16(15)21)14-8-11(22)2-4-13(14)19(26)24-9-12-3-6-17(27-12)18(23)25/h1-2,4-5,7-8,12,17H,3,6,9H2,(H2,23,25)(H,24,26). The van der Waals surface area contributed by atoms with Crippen LogP contribution < -0.4 is 11.1 Å². The number of amides is 2. The molecule has 0 aliphatic carbocycles. The monoisotopic (exact) mass is 410 g/mol. The van der Waals surface area contributed by atoms with E-state index in [4.69, 9.17) is 33.7 Å². The summed E-state index contributed by atoms with van der Waals surface area (Å²) in [5.74, 6) is -1.37. The van der Waals surface area contributed by atoms with Gasteiger partial charge in [0.1, 0.15) is 11.9 Å². The molecule has 1 heterocycles. The van der Waals surface area contributed by atoms with Gasteiger partial charge in [0.05, 0.1) is 16.1 Å². The SMILES string of the molecule is NC(=O)C1CCC(CNC(=O)c2ccc(F)cc2-c2ccc(Cl)c(Cl)c2)O1. The summed E-state index contributed by atoms with van der Waals surface area (Å²) in [7, 11) is 0. The summed E-state index contributed by atoms with van der Waals surface area (Å²) in [4.78, 5) is 23.8. The van der Waals surface area contributed by atoms with Gasteiger partial charge in [0.15, 0.2) is 0 Å². The number of nitrogens with two attached hydrogens (primary N) is 1. The van der Waals surface area contributed by atoms with Crippen LogP contribution in [-0.2, 0) is 9.53 Å². The summed E-state index contributed by atoms with van der Waals surface area (Å²) in [6.07, 6.45) is 0.238. The third-order valence-corrected chi connectivity index (χ3v) is 5.11. The lowest BCUT2D eigenvalue weighted by Crippen LogP contribution is -2.34. The summed E-state index contributed by atoms with van der Waals surface area (Å²) >= 11 is 12.0. The number of rotatable bonds is 5. The van der Waals surface area contributed by atoms with E-state index in [9.17, 15) is 14.0 Å². The Balaban J connectivity index is 1.77. The van der Waals surface area contributed by atoms with Crippen molar-refractivity contribution in [2.45, 2.75) is 25.0 Å². The van der Waals surface area contributed by atoms with Crippen molar-refractivity contribution in [2.24, 2.45) is 5.73 Å². The van der Waals surface area contributed by atoms with Crippen molar-refractivity contribution >= 4 is 35.0 Å². The highest BCUT2D eigenvalue weighted by Gasteiger charge is 2.29. The van der Waals surface area contributed by atoms with Crippen molar-refractivity contribution in [2.75, 3.05) is 6.54 Å². The Morgan fingerprint density at radius 2 is 1.93 bits per heavy atom. The van der Waals surface area contributed by atoms with Gasteiger partial charge in [-0.2, -0.15) is 0 Å². The number of ether oxygens (including phenoxy) is 1. The first kappa shape index (κ1) is 19.6. The molecular formula is C19H17Cl2FN2O3. The van der Waals surface area contributed by atoms with Crippen molar-refractivity contribution in [3.05, 3.63) is 57.8 Å². The number of carbonyl (C=O) groups excluding carboxylic acids is 2. The molecule has 0 bridgehead atoms. The lowest BCUT2D eigenvalue weighted by molar-refractivity contribution is -0.128. The minimum absolute atomic E-state index is 0.223. The second-order valence-corrected chi connectivity index (χ2v) is 7.07. The molecule has 1 aliphatic heterocycles. The zero-order valence-corrected chi connectivity index (χ0v) is 15.7. The van der Waals surface area contributed by atoms with E-state index in [2.05, 4.69) is 5.32 Å². The summed E-state index contributed by atoms with van der Waals surface area (Å²) in [6, 6.07) is 8.71. The van der Waals surface area contributed by atoms with Crippen LogP contribution in [0.5, 0.6) is 0 Å². The molecule has 0 radical (unpaired) electrons. The molecule has 2 atom stereocenters. The number of carbonyl (C=O) groups is 2. The van der Waals surface area contributed by atoms with Crippen molar-refractivity contribution in [3.8, 4) is 11.1 Å². The molecule has 142 valence electrons. The fourth-order valence-electron chi connectivity index (χ4n) is 2.98. The van der Waals surface area contributed by atoms with Crippen LogP contribution in [0, 0.1) is 5.82 Å². The molecule has 1 saturated heterocycles. The first-order chi connectivity index (χ1) is 12.8. The number of halogens is 3. The van der Waals surface area contributed by atoms with Crippen LogP contribution >= 0.6 is 23.2 Å². The molecule has 5 nitrogen and oxygen atoms in total. The highest BCUT2D eigenvalue weighted by molar-refractivity contribution is 6.42. The predicted octanol–water partition coefficient (Wildman–Crippen LogP) is 3.56. The zero-order valence-electron chi connectivity index (χ0n) is 14.2. The van der Waals surface area contributed by atoms with Gasteiger partial charge in [-0.15, -0.1) is 0 Å². The summed E-state index contributed by atoms with van der Waals surface area (Å²) in [5.41, 5.74) is 6.48. The second-order valence-electron chi connectivity index (χ2n) is 6.26. The summed E-state index contributed by atoms with van der Waals surface area (Å²) < 4.78 is 19.3. The molecule has 0 spiro atoms. The lowest BCUT2D eigenvalue weighted by atomic mass is 9.99. The Morgan fingerprint density at radius 1 is 1.15 bits per heavy atom. The fourth-order valence-corrected chi connectivity index (χ4v) is 3.28. The van der Waals surface area contributed by atoms with E-state index in [0.29, 0.717) is 39.6 Å². The fraction of sp³-hybridized carbons (Fsp3) is 0.263. The maximum atomic E-state index is 13.8. The van der Waals surface area contributed by atoms with E-state index >= 15 is 0 Å². The van der Waals surface area contributed by atoms with E-state index in [0.717, 1.165) is 0 Å². The third kappa shape index (κ3) is 4.58. The average molecular weight is 411 g/mol. The molecule has 2 aromatic rings. The minimum Gasteiger partial charge on any atom is -0.367 e. The van der Waals surface area contributed by atoms with Crippen molar-refractivity contribution in [1.29, 1.82) is 0 Å². The van der Waals surface area contributed by atoms with Crippen LogP contribution in [-0.4, -0.2) is 30.6 Å². The van der Waals surface area contributed by atoms with Gasteiger partial charge in [0.25, 0.3) is 5.91 Å². The molecule has 0 saturated carbocycles. The van der Waals surface area contributed by atoms with Crippen LogP contribution in [0.3, 0.4) is 0 Å². The van der Waals surface area contributed by atoms with Gasteiger partial charge in [-0.1, -0.05) is 29.3 Å². The van der Waals surface area contributed by atoms with Crippen LogP contribution in [0.2, 0.25) is 10.0 Å². The van der Waals surface area contributed by atoms with Crippen molar-refractivity contribution in [3.63, 3.8) is 0 Å². The Bertz CT molecular complexity index is 891. The molecule has 1 fully saturated rings. The Labute approximate surface area is 165 Å². The van der Waals surface area contributed by atoms with Gasteiger partial charge in [-0.25, -0.2) is 4.39 Å². The second kappa shape index (κ2) is 8.25. The first-order valence-corrected chi connectivity index (χ1v) is 9.08. The number of primary amides is 1. The maximum absolute atomic E-state index is 13.8. The van der Waals surface area contributed by atoms with Crippen molar-refractivity contribution in [1.82, 2.24) is 5.32 Å². The molecule has 27 heavy (non-hydrogen) atoms. The van der Waals surface area contributed by atoms with Crippen LogP contribution in [0.4, 0.5) is 4.39 Å². The van der Waals surface area contributed by atoms with E-state index in [-0.39, 0.29) is 18.6 Å². The van der Waals surface area contributed by atoms with E-state index in [1.165, 1.54) is 18.2 Å². The molecule has 2 unspecified atom stereocenters. The van der Waals surface area contributed by atoms with Crippen LogP contribution in [0.25, 0.3) is 11.1 Å². The summed E-state index contributed by atoms with van der Waals surface area (Å²) in [6.45, 7) is 0.223. The van der Waals surface area contributed by atoms with Gasteiger partial charge in [-0.05, 0) is 54.3 Å². The number of hydrogen-bond donors (Lipinski definition) is 2. The molecule has 3 N–H and O–H groups in total. The first-order valence-electron chi connectivity index (χ1n) is 8.33. The largest absolute Gasteiger partial charge is 0.367 e. The topological polar surface area (TPSA) is 81.4 Å². The van der Waals surface area contributed by atoms with Gasteiger partial charge in [0.2, 0.25) is 5.91 Å². The van der Waals surface area contributed by atoms with Crippen molar-refractivity contribution < 1.29 is 18.7 Å². The van der Waals surface area contributed by atoms with Crippen LogP contribution in [0.1, 0.15) is 23.2 Å². The molecular weight excluding hydrogens is 394 g/mol. The number of nitrogens with one attached hydrogen (secondary N) is 1. The van der Waals surface area contributed by atoms with Gasteiger partial charge in [0, 0.05) is 12.1 Å². The Morgan fingerprint density at radius 3 is 2.59 bits per heavy atom. The van der Waals surface area contributed by atoms with E-state index < -0.39 is 17.8 Å². The number of benzene rings is 2. The van der Waals surface area contributed by atoms with Gasteiger partial charge in [-0.3, -0.25) is 9.59 Å². The minimum atomic E-state index is -0.621. The van der Waals surface area contributed by atoms with E-state index in [1.807, 2.05) is 0 Å². The molecule has 3 rings (SSSR count). The van der Waals surface area contributed by atoms with Gasteiger partial charge >= 0.3 is 0 Å². The van der Waals surface area contributed by atoms with E-state index in [1.54, 1.807) is 18.2 Å². The summed E-state index contributed by atoms with van der Waals surface area (Å²) in [5, 5.41) is 3.43. The lowest BCUT2D eigenvalue weighted by Gasteiger charge is -2.15. The molecule has 0 aromatic heterocycles. The third-order valence-electron chi connectivity index (χ3n) is 4.37. The highest BCUT2D eigenvalue weighted by Crippen LogP contribution is 2.31. The quantitative estimate of drug-likeness (QED) is 0.790. The predicted molar refractivity (Wildman–Crippen MR) is 101 cm³/mol. The van der Waals surface area contributed by atoms with Crippen LogP contribution in [0.15, 0.2) is 36.4 Å². The molecule has 8 heteroatoms. The highest BCUT2D eigenvalue weighted by atomic mass is 35.5. The Kier molecular flexibility index (Phi) is 5.99. The maximum Gasteiger partial charge on any atom is 0.252 e. The molecule has 2 amide bonds. The average Bonchev–Trinajstić information content (AvgIpc) is 3.11. The normalized spacial score (nSPS) is 19.1. The molecule has 2 aromatic carbocycles. The Hall–Kier alpha value is -2.15.